The van der Waals surface area contributed by atoms with E-state index < -0.39 is 0 Å². The SMILES string of the molecule is COc1cc(C(=O)N2CCCN(Cc3cnn(C)c3)CC2)ccc1OCc1ccccc1. The summed E-state index contributed by atoms with van der Waals surface area (Å²) in [6, 6.07) is 15.4. The highest BCUT2D eigenvalue weighted by Gasteiger charge is 2.22. The number of aromatic nitrogens is 2. The van der Waals surface area contributed by atoms with Gasteiger partial charge in [0.25, 0.3) is 5.91 Å². The summed E-state index contributed by atoms with van der Waals surface area (Å²) in [4.78, 5) is 17.5. The van der Waals surface area contributed by atoms with E-state index in [2.05, 4.69) is 10.00 Å². The van der Waals surface area contributed by atoms with Crippen LogP contribution in [0, 0.1) is 0 Å². The molecule has 0 saturated carbocycles. The van der Waals surface area contributed by atoms with Crippen molar-refractivity contribution in [3.05, 3.63) is 77.6 Å². The van der Waals surface area contributed by atoms with E-state index in [4.69, 9.17) is 9.47 Å². The third kappa shape index (κ3) is 5.48. The van der Waals surface area contributed by atoms with E-state index in [0.717, 1.165) is 38.2 Å². The van der Waals surface area contributed by atoms with E-state index in [0.29, 0.717) is 30.2 Å². The average molecular weight is 435 g/mol. The lowest BCUT2D eigenvalue weighted by molar-refractivity contribution is 0.0760. The summed E-state index contributed by atoms with van der Waals surface area (Å²) in [6.07, 6.45) is 4.89. The fraction of sp³-hybridized carbons (Fsp3) is 0.360. The zero-order chi connectivity index (χ0) is 22.3. The molecule has 1 aliphatic heterocycles. The standard InChI is InChI=1S/C25H30N4O3/c1-27-17-21(16-26-27)18-28-11-6-12-29(14-13-28)25(30)22-9-10-23(24(15-22)31-2)32-19-20-7-4-3-5-8-20/h3-5,7-10,15-17H,6,11-14,18-19H2,1-2H3. The lowest BCUT2D eigenvalue weighted by atomic mass is 10.1. The van der Waals surface area contributed by atoms with Crippen LogP contribution in [0.25, 0.3) is 0 Å². The van der Waals surface area contributed by atoms with Crippen LogP contribution in [0.3, 0.4) is 0 Å². The minimum Gasteiger partial charge on any atom is -0.493 e. The third-order valence-electron chi connectivity index (χ3n) is 5.69. The lowest BCUT2D eigenvalue weighted by Gasteiger charge is -2.22. The highest BCUT2D eigenvalue weighted by atomic mass is 16.5. The van der Waals surface area contributed by atoms with Crippen LogP contribution in [0.1, 0.15) is 27.9 Å². The van der Waals surface area contributed by atoms with Crippen LogP contribution >= 0.6 is 0 Å². The van der Waals surface area contributed by atoms with Crippen molar-refractivity contribution in [1.29, 1.82) is 0 Å². The number of carbonyl (C=O) groups is 1. The van der Waals surface area contributed by atoms with Gasteiger partial charge in [0.05, 0.1) is 13.3 Å². The van der Waals surface area contributed by atoms with E-state index in [-0.39, 0.29) is 5.91 Å². The van der Waals surface area contributed by atoms with Crippen molar-refractivity contribution in [2.75, 3.05) is 33.3 Å². The number of ether oxygens (including phenoxy) is 2. The molecule has 1 amide bonds. The predicted octanol–water partition coefficient (Wildman–Crippen LogP) is 3.36. The first-order valence-corrected chi connectivity index (χ1v) is 11.0. The minimum absolute atomic E-state index is 0.0288. The summed E-state index contributed by atoms with van der Waals surface area (Å²) in [5, 5.41) is 4.25. The van der Waals surface area contributed by atoms with Crippen molar-refractivity contribution in [2.45, 2.75) is 19.6 Å². The van der Waals surface area contributed by atoms with Crippen LogP contribution in [-0.2, 0) is 20.2 Å². The molecule has 0 atom stereocenters. The summed E-state index contributed by atoms with van der Waals surface area (Å²) in [6.45, 7) is 4.56. The second kappa shape index (κ2) is 10.3. The Labute approximate surface area is 189 Å². The third-order valence-corrected chi connectivity index (χ3v) is 5.69. The van der Waals surface area contributed by atoms with Crippen molar-refractivity contribution in [3.8, 4) is 11.5 Å². The van der Waals surface area contributed by atoms with E-state index in [1.165, 1.54) is 5.56 Å². The highest BCUT2D eigenvalue weighted by molar-refractivity contribution is 5.95. The van der Waals surface area contributed by atoms with Gasteiger partial charge in [-0.15, -0.1) is 0 Å². The van der Waals surface area contributed by atoms with Gasteiger partial charge < -0.3 is 14.4 Å². The maximum absolute atomic E-state index is 13.2. The van der Waals surface area contributed by atoms with E-state index in [1.54, 1.807) is 13.2 Å². The largest absolute Gasteiger partial charge is 0.493 e. The Morgan fingerprint density at radius 2 is 1.84 bits per heavy atom. The topological polar surface area (TPSA) is 59.8 Å². The van der Waals surface area contributed by atoms with Crippen molar-refractivity contribution in [1.82, 2.24) is 19.6 Å². The van der Waals surface area contributed by atoms with Crippen molar-refractivity contribution < 1.29 is 14.3 Å². The van der Waals surface area contributed by atoms with Gasteiger partial charge in [-0.2, -0.15) is 5.10 Å². The maximum atomic E-state index is 13.2. The monoisotopic (exact) mass is 434 g/mol. The number of aryl methyl sites for hydroxylation is 1. The Bertz CT molecular complexity index is 1030. The summed E-state index contributed by atoms with van der Waals surface area (Å²) >= 11 is 0. The van der Waals surface area contributed by atoms with Crippen LogP contribution in [0.2, 0.25) is 0 Å². The summed E-state index contributed by atoms with van der Waals surface area (Å²) in [5.74, 6) is 1.23. The van der Waals surface area contributed by atoms with Gasteiger partial charge >= 0.3 is 0 Å². The van der Waals surface area contributed by atoms with Crippen LogP contribution in [0.15, 0.2) is 60.9 Å². The van der Waals surface area contributed by atoms with Crippen molar-refractivity contribution in [3.63, 3.8) is 0 Å². The molecule has 7 nitrogen and oxygen atoms in total. The molecule has 32 heavy (non-hydrogen) atoms. The molecule has 0 N–H and O–H groups in total. The zero-order valence-electron chi connectivity index (χ0n) is 18.7. The molecular formula is C25H30N4O3. The number of nitrogens with zero attached hydrogens (tertiary/aromatic N) is 4. The van der Waals surface area contributed by atoms with Gasteiger partial charge in [-0.25, -0.2) is 0 Å². The average Bonchev–Trinajstić information content (AvgIpc) is 3.09. The van der Waals surface area contributed by atoms with Crippen molar-refractivity contribution >= 4 is 5.91 Å². The summed E-state index contributed by atoms with van der Waals surface area (Å²) in [5.41, 5.74) is 2.90. The Morgan fingerprint density at radius 1 is 1.00 bits per heavy atom. The molecule has 4 rings (SSSR count). The predicted molar refractivity (Wildman–Crippen MR) is 123 cm³/mol. The Kier molecular flexibility index (Phi) is 7.07. The normalized spacial score (nSPS) is 14.8. The lowest BCUT2D eigenvalue weighted by Crippen LogP contribution is -2.35. The van der Waals surface area contributed by atoms with Crippen LogP contribution < -0.4 is 9.47 Å². The van der Waals surface area contributed by atoms with E-state index in [1.807, 2.05) is 71.5 Å². The quantitative estimate of drug-likeness (QED) is 0.571. The molecule has 2 heterocycles. The Balaban J connectivity index is 1.37. The number of rotatable bonds is 7. The molecule has 0 bridgehead atoms. The molecule has 1 saturated heterocycles. The van der Waals surface area contributed by atoms with Gasteiger partial charge in [-0.1, -0.05) is 30.3 Å². The number of hydrogen-bond donors (Lipinski definition) is 0. The first-order valence-electron chi connectivity index (χ1n) is 11.0. The fourth-order valence-electron chi connectivity index (χ4n) is 3.98. The number of benzene rings is 2. The smallest absolute Gasteiger partial charge is 0.254 e. The molecule has 7 heteroatoms. The molecule has 2 aromatic carbocycles. The van der Waals surface area contributed by atoms with Gasteiger partial charge in [-0.05, 0) is 30.2 Å². The molecule has 3 aromatic rings. The van der Waals surface area contributed by atoms with Gasteiger partial charge in [0, 0.05) is 57.1 Å². The van der Waals surface area contributed by atoms with Gasteiger partial charge in [-0.3, -0.25) is 14.4 Å². The molecule has 1 aliphatic rings. The molecule has 0 unspecified atom stereocenters. The van der Waals surface area contributed by atoms with Gasteiger partial charge in [0.15, 0.2) is 11.5 Å². The minimum atomic E-state index is 0.0288. The number of hydrogen-bond acceptors (Lipinski definition) is 5. The second-order valence-electron chi connectivity index (χ2n) is 8.08. The zero-order valence-corrected chi connectivity index (χ0v) is 18.7. The Hall–Kier alpha value is -3.32. The summed E-state index contributed by atoms with van der Waals surface area (Å²) in [7, 11) is 3.53. The van der Waals surface area contributed by atoms with E-state index >= 15 is 0 Å². The fourth-order valence-corrected chi connectivity index (χ4v) is 3.98. The number of methoxy groups -OCH3 is 1. The first kappa shape index (κ1) is 21.9. The maximum Gasteiger partial charge on any atom is 0.254 e. The first-order chi connectivity index (χ1) is 15.6. The molecule has 0 aliphatic carbocycles. The Morgan fingerprint density at radius 3 is 2.59 bits per heavy atom. The molecule has 0 spiro atoms. The highest BCUT2D eigenvalue weighted by Crippen LogP contribution is 2.29. The van der Waals surface area contributed by atoms with Gasteiger partial charge in [0.2, 0.25) is 0 Å². The van der Waals surface area contributed by atoms with Crippen molar-refractivity contribution in [2.24, 2.45) is 7.05 Å². The number of amides is 1. The van der Waals surface area contributed by atoms with E-state index in [9.17, 15) is 4.79 Å². The molecular weight excluding hydrogens is 404 g/mol. The van der Waals surface area contributed by atoms with Crippen LogP contribution in [0.4, 0.5) is 0 Å². The second-order valence-corrected chi connectivity index (χ2v) is 8.08. The summed E-state index contributed by atoms with van der Waals surface area (Å²) < 4.78 is 13.3. The molecule has 0 radical (unpaired) electrons. The number of carbonyl (C=O) groups excluding carboxylic acids is 1. The molecule has 1 aromatic heterocycles. The van der Waals surface area contributed by atoms with Gasteiger partial charge in [0.1, 0.15) is 6.61 Å². The molecule has 1 fully saturated rings. The van der Waals surface area contributed by atoms with Crippen LogP contribution in [-0.4, -0.2) is 58.8 Å². The van der Waals surface area contributed by atoms with Crippen LogP contribution in [0.5, 0.6) is 11.5 Å². The molecule has 168 valence electrons.